The number of benzene rings is 2. The number of anilines is 1. The Bertz CT molecular complexity index is 554. The first-order valence-electron chi connectivity index (χ1n) is 7.79. The van der Waals surface area contributed by atoms with Crippen LogP contribution in [0.1, 0.15) is 31.2 Å². The molecule has 2 aromatic rings. The fraction of sp³-hybridized carbons (Fsp3) is 0.316. The molecule has 3 nitrogen and oxygen atoms in total. The molecule has 2 aromatic carbocycles. The van der Waals surface area contributed by atoms with E-state index in [2.05, 4.69) is 41.3 Å². The summed E-state index contributed by atoms with van der Waals surface area (Å²) < 4.78 is 0. The van der Waals surface area contributed by atoms with E-state index in [1.165, 1.54) is 11.3 Å². The van der Waals surface area contributed by atoms with Crippen LogP contribution in [0.2, 0.25) is 0 Å². The van der Waals surface area contributed by atoms with Crippen LogP contribution in [0.5, 0.6) is 0 Å². The summed E-state index contributed by atoms with van der Waals surface area (Å²) in [6.45, 7) is 1.79. The highest BCUT2D eigenvalue weighted by atomic mass is 16.4. The highest BCUT2D eigenvalue weighted by Crippen LogP contribution is 2.18. The van der Waals surface area contributed by atoms with Crippen LogP contribution in [0, 0.1) is 0 Å². The topological polar surface area (TPSA) is 43.4 Å². The highest BCUT2D eigenvalue weighted by Gasteiger charge is 2.06. The molecule has 0 amide bonds. The van der Waals surface area contributed by atoms with Crippen molar-refractivity contribution in [1.29, 1.82) is 0 Å². The summed E-state index contributed by atoms with van der Waals surface area (Å²) in [5, 5.41) is 10.4. The Morgan fingerprint density at radius 2 is 1.50 bits per heavy atom. The summed E-state index contributed by atoms with van der Waals surface area (Å²) in [6.07, 6.45) is 2.74. The zero-order valence-electron chi connectivity index (χ0n) is 12.8. The maximum absolute atomic E-state index is 10.4. The summed E-state index contributed by atoms with van der Waals surface area (Å²) in [5.74, 6) is -0.954. The molecule has 0 bridgehead atoms. The number of unbranched alkanes of at least 4 members (excludes halogenated alkanes) is 2. The second kappa shape index (κ2) is 8.88. The predicted octanol–water partition coefficient (Wildman–Crippen LogP) is 3.00. The zero-order chi connectivity index (χ0) is 15.6. The van der Waals surface area contributed by atoms with Gasteiger partial charge in [-0.05, 0) is 37.0 Å². The van der Waals surface area contributed by atoms with Gasteiger partial charge in [0.25, 0.3) is 0 Å². The molecule has 0 N–H and O–H groups in total. The Morgan fingerprint density at radius 3 is 2.14 bits per heavy atom. The highest BCUT2D eigenvalue weighted by molar-refractivity contribution is 5.64. The van der Waals surface area contributed by atoms with Crippen LogP contribution in [0.3, 0.4) is 0 Å². The van der Waals surface area contributed by atoms with Gasteiger partial charge in [-0.1, -0.05) is 55.0 Å². The molecule has 22 heavy (non-hydrogen) atoms. The minimum atomic E-state index is -0.954. The Hall–Kier alpha value is -2.29. The van der Waals surface area contributed by atoms with E-state index in [4.69, 9.17) is 0 Å². The molecule has 116 valence electrons. The molecule has 0 aliphatic rings. The van der Waals surface area contributed by atoms with Crippen molar-refractivity contribution in [1.82, 2.24) is 0 Å². The minimum absolute atomic E-state index is 0.157. The van der Waals surface area contributed by atoms with Gasteiger partial charge in [-0.3, -0.25) is 0 Å². The summed E-state index contributed by atoms with van der Waals surface area (Å²) in [4.78, 5) is 12.8. The molecule has 3 heteroatoms. The SMILES string of the molecule is O=C([O-])CCCCCN(Cc1ccccc1)c1ccccc1. The summed E-state index contributed by atoms with van der Waals surface area (Å²) in [7, 11) is 0. The van der Waals surface area contributed by atoms with Crippen LogP contribution in [0.15, 0.2) is 60.7 Å². The maximum Gasteiger partial charge on any atom is 0.0429 e. The number of carboxylic acid groups (broad SMARTS) is 1. The second-order valence-electron chi connectivity index (χ2n) is 5.43. The van der Waals surface area contributed by atoms with E-state index in [9.17, 15) is 9.90 Å². The van der Waals surface area contributed by atoms with Gasteiger partial charge in [0.15, 0.2) is 0 Å². The number of nitrogens with zero attached hydrogens (tertiary/aromatic N) is 1. The van der Waals surface area contributed by atoms with Crippen LogP contribution in [-0.4, -0.2) is 12.5 Å². The van der Waals surface area contributed by atoms with Gasteiger partial charge in [-0.2, -0.15) is 0 Å². The number of aliphatic carboxylic acids is 1. The largest absolute Gasteiger partial charge is 0.550 e. The molecular weight excluding hydrogens is 274 g/mol. The first-order chi connectivity index (χ1) is 10.8. The number of para-hydroxylation sites is 1. The second-order valence-corrected chi connectivity index (χ2v) is 5.43. The first-order valence-corrected chi connectivity index (χ1v) is 7.79. The van der Waals surface area contributed by atoms with E-state index < -0.39 is 5.97 Å². The average molecular weight is 296 g/mol. The number of hydrogen-bond donors (Lipinski definition) is 0. The lowest BCUT2D eigenvalue weighted by molar-refractivity contribution is -0.305. The van der Waals surface area contributed by atoms with Crippen molar-refractivity contribution < 1.29 is 9.90 Å². The van der Waals surface area contributed by atoms with Crippen molar-refractivity contribution in [2.45, 2.75) is 32.2 Å². The molecule has 0 saturated heterocycles. The van der Waals surface area contributed by atoms with Crippen molar-refractivity contribution in [2.75, 3.05) is 11.4 Å². The molecule has 0 aromatic heterocycles. The molecule has 0 atom stereocenters. The Labute approximate surface area is 132 Å². The molecular formula is C19H22NO2-. The Kier molecular flexibility index (Phi) is 6.49. The molecule has 0 heterocycles. The van der Waals surface area contributed by atoms with Crippen molar-refractivity contribution in [3.05, 3.63) is 66.2 Å². The fourth-order valence-corrected chi connectivity index (χ4v) is 2.49. The molecule has 0 radical (unpaired) electrons. The Balaban J connectivity index is 1.92. The first kappa shape index (κ1) is 16.1. The van der Waals surface area contributed by atoms with E-state index in [0.717, 1.165) is 25.9 Å². The smallest absolute Gasteiger partial charge is 0.0429 e. The fourth-order valence-electron chi connectivity index (χ4n) is 2.49. The lowest BCUT2D eigenvalue weighted by Crippen LogP contribution is -2.24. The standard InChI is InChI=1S/C19H23NO2/c21-19(22)14-8-3-9-15-20(18-12-6-2-7-13-18)16-17-10-4-1-5-11-17/h1-2,4-7,10-13H,3,8-9,14-16H2,(H,21,22)/p-1. The average Bonchev–Trinajstić information content (AvgIpc) is 2.55. The van der Waals surface area contributed by atoms with Crippen LogP contribution < -0.4 is 10.0 Å². The van der Waals surface area contributed by atoms with E-state index in [-0.39, 0.29) is 6.42 Å². The molecule has 0 unspecified atom stereocenters. The number of carbonyl (C=O) groups is 1. The molecule has 0 fully saturated rings. The van der Waals surface area contributed by atoms with Crippen LogP contribution in [0.25, 0.3) is 0 Å². The van der Waals surface area contributed by atoms with Gasteiger partial charge in [-0.25, -0.2) is 0 Å². The lowest BCUT2D eigenvalue weighted by atomic mass is 10.1. The molecule has 2 rings (SSSR count). The monoisotopic (exact) mass is 296 g/mol. The van der Waals surface area contributed by atoms with Crippen LogP contribution >= 0.6 is 0 Å². The van der Waals surface area contributed by atoms with E-state index in [0.29, 0.717) is 6.42 Å². The van der Waals surface area contributed by atoms with E-state index >= 15 is 0 Å². The van der Waals surface area contributed by atoms with Gasteiger partial charge < -0.3 is 14.8 Å². The van der Waals surface area contributed by atoms with Crippen molar-refractivity contribution in [3.8, 4) is 0 Å². The summed E-state index contributed by atoms with van der Waals surface area (Å²) in [5.41, 5.74) is 2.48. The third kappa shape index (κ3) is 5.60. The third-order valence-electron chi connectivity index (χ3n) is 3.65. The Morgan fingerprint density at radius 1 is 0.864 bits per heavy atom. The molecule has 0 aliphatic heterocycles. The van der Waals surface area contributed by atoms with E-state index in [1.54, 1.807) is 0 Å². The van der Waals surface area contributed by atoms with Gasteiger partial charge in [0, 0.05) is 24.7 Å². The molecule has 0 saturated carbocycles. The number of carbonyl (C=O) groups excluding carboxylic acids is 1. The molecule has 0 aliphatic carbocycles. The normalized spacial score (nSPS) is 10.4. The summed E-state index contributed by atoms with van der Waals surface area (Å²) >= 11 is 0. The van der Waals surface area contributed by atoms with Gasteiger partial charge in [0.05, 0.1) is 0 Å². The third-order valence-corrected chi connectivity index (χ3v) is 3.65. The van der Waals surface area contributed by atoms with Gasteiger partial charge in [-0.15, -0.1) is 0 Å². The van der Waals surface area contributed by atoms with Crippen molar-refractivity contribution in [3.63, 3.8) is 0 Å². The molecule has 0 spiro atoms. The number of rotatable bonds is 9. The van der Waals surface area contributed by atoms with Gasteiger partial charge >= 0.3 is 0 Å². The zero-order valence-corrected chi connectivity index (χ0v) is 12.8. The maximum atomic E-state index is 10.4. The van der Waals surface area contributed by atoms with Gasteiger partial charge in [0.1, 0.15) is 0 Å². The quantitative estimate of drug-likeness (QED) is 0.668. The van der Waals surface area contributed by atoms with Crippen LogP contribution in [0.4, 0.5) is 5.69 Å². The van der Waals surface area contributed by atoms with Crippen LogP contribution in [-0.2, 0) is 11.3 Å². The lowest BCUT2D eigenvalue weighted by Gasteiger charge is -2.25. The van der Waals surface area contributed by atoms with Crippen molar-refractivity contribution >= 4 is 11.7 Å². The van der Waals surface area contributed by atoms with E-state index in [1.807, 2.05) is 24.3 Å². The predicted molar refractivity (Wildman–Crippen MR) is 87.4 cm³/mol. The van der Waals surface area contributed by atoms with Gasteiger partial charge in [0.2, 0.25) is 0 Å². The number of carboxylic acids is 1. The minimum Gasteiger partial charge on any atom is -0.550 e. The summed E-state index contributed by atoms with van der Waals surface area (Å²) in [6, 6.07) is 20.7. The number of hydrogen-bond acceptors (Lipinski definition) is 3. The van der Waals surface area contributed by atoms with Crippen molar-refractivity contribution in [2.24, 2.45) is 0 Å².